The minimum atomic E-state index is -3.56. The Morgan fingerprint density at radius 1 is 1.06 bits per heavy atom. The Morgan fingerprint density at radius 2 is 1.65 bits per heavy atom. The first-order valence-corrected chi connectivity index (χ1v) is 11.0. The lowest BCUT2D eigenvalue weighted by molar-refractivity contribution is -0.887. The molecular formula is C18H27BrClN7O3S. The Labute approximate surface area is 197 Å². The number of halogens is 2. The van der Waals surface area contributed by atoms with Crippen LogP contribution < -0.4 is 38.5 Å². The number of nitrogens with two attached hydrogens (primary N) is 2. The van der Waals surface area contributed by atoms with E-state index in [2.05, 4.69) is 20.0 Å². The average Bonchev–Trinajstić information content (AvgIpc) is 2.64. The molecule has 31 heavy (non-hydrogen) atoms. The Morgan fingerprint density at radius 3 is 2.26 bits per heavy atom. The number of hydrogen-bond donors (Lipinski definition) is 4. The fourth-order valence-corrected chi connectivity index (χ4v) is 3.71. The molecule has 13 heteroatoms. The third-order valence-electron chi connectivity index (χ3n) is 4.46. The van der Waals surface area contributed by atoms with Crippen molar-refractivity contribution in [1.82, 2.24) is 20.0 Å². The molecule has 6 N–H and O–H groups in total. The highest BCUT2D eigenvalue weighted by atomic mass is 79.9. The fourth-order valence-electron chi connectivity index (χ4n) is 2.56. The molecule has 0 saturated carbocycles. The highest BCUT2D eigenvalue weighted by Gasteiger charge is 2.20. The number of quaternary nitrogens is 1. The van der Waals surface area contributed by atoms with E-state index in [0.29, 0.717) is 24.1 Å². The van der Waals surface area contributed by atoms with E-state index in [1.807, 2.05) is 21.0 Å². The molecule has 0 spiro atoms. The van der Waals surface area contributed by atoms with E-state index in [0.717, 1.165) is 5.56 Å². The largest absolute Gasteiger partial charge is 1.00 e. The Hall–Kier alpha value is -1.99. The summed E-state index contributed by atoms with van der Waals surface area (Å²) in [6.07, 6.45) is 0. The van der Waals surface area contributed by atoms with E-state index >= 15 is 0 Å². The van der Waals surface area contributed by atoms with Gasteiger partial charge in [0.1, 0.15) is 0 Å². The third-order valence-corrected chi connectivity index (χ3v) is 6.22. The number of benzene rings is 1. The van der Waals surface area contributed by atoms with Crippen LogP contribution in [0, 0.1) is 6.92 Å². The molecule has 1 aromatic heterocycles. The Bertz CT molecular complexity index is 1020. The number of carbonyl (C=O) groups excluding carboxylic acids is 1. The molecule has 172 valence electrons. The number of likely N-dealkylation sites (N-methyl/N-ethyl adjacent to an activating group) is 1. The highest BCUT2D eigenvalue weighted by molar-refractivity contribution is 7.89. The number of nitrogens with one attached hydrogen (secondary N) is 2. The maximum Gasteiger partial charge on any atom is 0.273 e. The van der Waals surface area contributed by atoms with Crippen molar-refractivity contribution in [1.29, 1.82) is 0 Å². The van der Waals surface area contributed by atoms with Crippen molar-refractivity contribution in [2.45, 2.75) is 11.8 Å². The summed E-state index contributed by atoms with van der Waals surface area (Å²) in [5.41, 5.74) is 12.1. The number of amides is 1. The molecule has 0 aliphatic carbocycles. The van der Waals surface area contributed by atoms with Crippen molar-refractivity contribution in [3.8, 4) is 0 Å². The van der Waals surface area contributed by atoms with Crippen LogP contribution in [0.4, 0.5) is 11.6 Å². The summed E-state index contributed by atoms with van der Waals surface area (Å²) >= 11 is 5.79. The summed E-state index contributed by atoms with van der Waals surface area (Å²) in [7, 11) is 0.299. The molecule has 2 aromatic rings. The van der Waals surface area contributed by atoms with Gasteiger partial charge >= 0.3 is 0 Å². The van der Waals surface area contributed by atoms with Crippen molar-refractivity contribution in [2.24, 2.45) is 0 Å². The summed E-state index contributed by atoms with van der Waals surface area (Å²) in [6.45, 7) is 3.54. The summed E-state index contributed by atoms with van der Waals surface area (Å²) in [6, 6.07) is 6.65. The van der Waals surface area contributed by atoms with E-state index in [1.54, 1.807) is 24.3 Å². The second-order valence-electron chi connectivity index (χ2n) is 7.48. The number of sulfonamides is 1. The molecule has 0 atom stereocenters. The highest BCUT2D eigenvalue weighted by Crippen LogP contribution is 2.17. The molecule has 0 radical (unpaired) electrons. The van der Waals surface area contributed by atoms with Crippen molar-refractivity contribution >= 4 is 39.2 Å². The van der Waals surface area contributed by atoms with E-state index < -0.39 is 15.9 Å². The first-order chi connectivity index (χ1) is 13.9. The normalized spacial score (nSPS) is 11.6. The zero-order valence-corrected chi connectivity index (χ0v) is 20.7. The molecule has 0 aliphatic rings. The van der Waals surface area contributed by atoms with Crippen molar-refractivity contribution in [3.05, 3.63) is 40.7 Å². The van der Waals surface area contributed by atoms with Gasteiger partial charge < -0.3 is 38.2 Å². The van der Waals surface area contributed by atoms with E-state index in [1.165, 1.54) is 0 Å². The SMILES string of the molecule is Cc1ccc(S(=O)(=O)NCC[N+](C)(C)CCNC(=O)c2nc(Cl)c(N)nc2N)cc1.[Br-]. The zero-order chi connectivity index (χ0) is 22.5. The molecule has 0 unspecified atom stereocenters. The summed E-state index contributed by atoms with van der Waals surface area (Å²) in [5.74, 6) is -0.660. The molecule has 0 aliphatic heterocycles. The van der Waals surface area contributed by atoms with Crippen molar-refractivity contribution in [3.63, 3.8) is 0 Å². The van der Waals surface area contributed by atoms with Gasteiger partial charge in [0.25, 0.3) is 5.91 Å². The lowest BCUT2D eigenvalue weighted by Gasteiger charge is -2.29. The molecule has 0 saturated heterocycles. The number of aryl methyl sites for hydroxylation is 1. The van der Waals surface area contributed by atoms with Gasteiger partial charge in [-0.15, -0.1) is 0 Å². The molecule has 1 amide bonds. The van der Waals surface area contributed by atoms with Gasteiger partial charge in [-0.3, -0.25) is 4.79 Å². The molecule has 1 heterocycles. The number of nitrogen functional groups attached to an aromatic ring is 2. The van der Waals surface area contributed by atoms with E-state index in [9.17, 15) is 13.2 Å². The Kier molecular flexibility index (Phi) is 9.64. The molecule has 10 nitrogen and oxygen atoms in total. The Balaban J connectivity index is 0.00000480. The van der Waals surface area contributed by atoms with Crippen LogP contribution in [0.25, 0.3) is 0 Å². The predicted molar refractivity (Wildman–Crippen MR) is 116 cm³/mol. The van der Waals surface area contributed by atoms with Gasteiger partial charge in [-0.2, -0.15) is 0 Å². The number of anilines is 2. The topological polar surface area (TPSA) is 153 Å². The molecule has 0 fully saturated rings. The second-order valence-corrected chi connectivity index (χ2v) is 9.61. The number of carbonyl (C=O) groups is 1. The lowest BCUT2D eigenvalue weighted by Crippen LogP contribution is -3.00. The van der Waals surface area contributed by atoms with Crippen LogP contribution in [0.5, 0.6) is 0 Å². The standard InChI is InChI=1S/C18H26ClN7O3S.BrH/c1-12-4-6-13(7-5-12)30(28,29)23-9-11-26(2,3)10-8-22-18(27)14-16(20)25-17(21)15(19)24-14;/h4-7,23H,8-11H2,1-3H3,(H4-,20,21,22,25,27);1H. The van der Waals surface area contributed by atoms with Crippen LogP contribution in [-0.2, 0) is 10.0 Å². The molecule has 2 rings (SSSR count). The second kappa shape index (κ2) is 11.0. The molecular weight excluding hydrogens is 510 g/mol. The van der Waals surface area contributed by atoms with Gasteiger partial charge in [0.15, 0.2) is 22.5 Å². The average molecular weight is 537 g/mol. The summed E-state index contributed by atoms with van der Waals surface area (Å²) < 4.78 is 27.8. The maximum absolute atomic E-state index is 12.4. The van der Waals surface area contributed by atoms with Crippen molar-refractivity contribution < 1.29 is 34.7 Å². The number of nitrogens with zero attached hydrogens (tertiary/aromatic N) is 3. The third kappa shape index (κ3) is 7.89. The van der Waals surface area contributed by atoms with Crippen LogP contribution in [0.15, 0.2) is 29.2 Å². The quantitative estimate of drug-likeness (QED) is 0.256. The predicted octanol–water partition coefficient (Wildman–Crippen LogP) is -2.61. The van der Waals surface area contributed by atoms with E-state index in [4.69, 9.17) is 23.1 Å². The lowest BCUT2D eigenvalue weighted by atomic mass is 10.2. The fraction of sp³-hybridized carbons (Fsp3) is 0.389. The van der Waals surface area contributed by atoms with Crippen LogP contribution in [-0.4, -0.2) is 69.1 Å². The minimum absolute atomic E-state index is 0. The summed E-state index contributed by atoms with van der Waals surface area (Å²) in [4.78, 5) is 20.1. The van der Waals surface area contributed by atoms with Crippen LogP contribution >= 0.6 is 11.6 Å². The number of hydrogen-bond acceptors (Lipinski definition) is 7. The van der Waals surface area contributed by atoms with Crippen LogP contribution in [0.1, 0.15) is 16.1 Å². The van der Waals surface area contributed by atoms with Crippen molar-refractivity contribution in [2.75, 3.05) is 51.7 Å². The van der Waals surface area contributed by atoms with Gasteiger partial charge in [-0.25, -0.2) is 23.1 Å². The number of aromatic nitrogens is 2. The first-order valence-electron chi connectivity index (χ1n) is 9.16. The smallest absolute Gasteiger partial charge is 0.273 e. The zero-order valence-electron chi connectivity index (χ0n) is 17.5. The van der Waals surface area contributed by atoms with Gasteiger partial charge in [-0.05, 0) is 19.1 Å². The van der Waals surface area contributed by atoms with Crippen LogP contribution in [0.3, 0.4) is 0 Å². The van der Waals surface area contributed by atoms with Crippen LogP contribution in [0.2, 0.25) is 5.15 Å². The first kappa shape index (κ1) is 27.0. The van der Waals surface area contributed by atoms with Gasteiger partial charge in [0, 0.05) is 0 Å². The number of rotatable bonds is 9. The van der Waals surface area contributed by atoms with E-state index in [-0.39, 0.29) is 50.9 Å². The van der Waals surface area contributed by atoms with Gasteiger partial charge in [0.05, 0.1) is 45.2 Å². The molecule has 1 aromatic carbocycles. The van der Waals surface area contributed by atoms with Gasteiger partial charge in [-0.1, -0.05) is 29.3 Å². The maximum atomic E-state index is 12.4. The van der Waals surface area contributed by atoms with Gasteiger partial charge in [0.2, 0.25) is 10.0 Å². The molecule has 0 bridgehead atoms. The minimum Gasteiger partial charge on any atom is -1.00 e. The summed E-state index contributed by atoms with van der Waals surface area (Å²) in [5, 5.41) is 2.61. The monoisotopic (exact) mass is 535 g/mol.